The summed E-state index contributed by atoms with van der Waals surface area (Å²) in [4.78, 5) is 12.9. The summed E-state index contributed by atoms with van der Waals surface area (Å²) in [6, 6.07) is 19.5. The number of ketones is 1. The van der Waals surface area contributed by atoms with Crippen molar-refractivity contribution in [3.8, 4) is 0 Å². The Morgan fingerprint density at radius 3 is 2.62 bits per heavy atom. The molecule has 1 aliphatic heterocycles. The minimum Gasteiger partial charge on any atom is -0.378 e. The Morgan fingerprint density at radius 1 is 1.00 bits per heavy atom. The Bertz CT molecular complexity index is 1250. The van der Waals surface area contributed by atoms with E-state index < -0.39 is 0 Å². The van der Waals surface area contributed by atoms with E-state index in [2.05, 4.69) is 29.6 Å². The lowest BCUT2D eigenvalue weighted by molar-refractivity contribution is 0.104. The Morgan fingerprint density at radius 2 is 1.81 bits per heavy atom. The molecule has 5 rings (SSSR count). The number of carbonyl (C=O) groups is 1. The third kappa shape index (κ3) is 3.99. The van der Waals surface area contributed by atoms with Crippen LogP contribution in [0.2, 0.25) is 15.1 Å². The summed E-state index contributed by atoms with van der Waals surface area (Å²) in [6.45, 7) is 0. The lowest BCUT2D eigenvalue weighted by atomic mass is 9.76. The number of nitrogens with one attached hydrogen (secondary N) is 1. The maximum absolute atomic E-state index is 12.9. The molecule has 3 aromatic carbocycles. The molecule has 5 heteroatoms. The van der Waals surface area contributed by atoms with Crippen molar-refractivity contribution < 1.29 is 4.79 Å². The van der Waals surface area contributed by atoms with Gasteiger partial charge in [-0.1, -0.05) is 71.2 Å². The number of anilines is 1. The summed E-state index contributed by atoms with van der Waals surface area (Å²) in [5.74, 6) is 0.600. The van der Waals surface area contributed by atoms with Crippen molar-refractivity contribution in [1.82, 2.24) is 0 Å². The summed E-state index contributed by atoms with van der Waals surface area (Å²) in [7, 11) is 0. The van der Waals surface area contributed by atoms with E-state index >= 15 is 0 Å². The first kappa shape index (κ1) is 21.3. The minimum atomic E-state index is -0.0674. The van der Waals surface area contributed by atoms with Gasteiger partial charge in [0.25, 0.3) is 0 Å². The van der Waals surface area contributed by atoms with E-state index in [9.17, 15) is 4.79 Å². The molecular weight excluding hydrogens is 461 g/mol. The average molecular weight is 481 g/mol. The van der Waals surface area contributed by atoms with Crippen LogP contribution in [0, 0.1) is 5.92 Å². The van der Waals surface area contributed by atoms with Crippen LogP contribution in [0.1, 0.15) is 45.4 Å². The molecule has 0 amide bonds. The largest absolute Gasteiger partial charge is 0.378 e. The van der Waals surface area contributed by atoms with Crippen molar-refractivity contribution in [2.45, 2.75) is 18.4 Å². The lowest BCUT2D eigenvalue weighted by Gasteiger charge is -2.37. The second kappa shape index (κ2) is 8.78. The first-order valence-electron chi connectivity index (χ1n) is 10.5. The van der Waals surface area contributed by atoms with E-state index in [1.54, 1.807) is 18.2 Å². The predicted molar refractivity (Wildman–Crippen MR) is 134 cm³/mol. The van der Waals surface area contributed by atoms with Gasteiger partial charge in [0.05, 0.1) is 16.1 Å². The van der Waals surface area contributed by atoms with Crippen molar-refractivity contribution in [2.75, 3.05) is 5.32 Å². The van der Waals surface area contributed by atoms with Crippen LogP contribution in [0.3, 0.4) is 0 Å². The maximum atomic E-state index is 12.9. The summed E-state index contributed by atoms with van der Waals surface area (Å²) in [6.07, 6.45) is 8.76. The second-order valence-electron chi connectivity index (χ2n) is 8.17. The quantitative estimate of drug-likeness (QED) is 0.231. The number of rotatable bonds is 4. The van der Waals surface area contributed by atoms with Gasteiger partial charge in [-0.15, -0.1) is 0 Å². The number of hydrogen-bond donors (Lipinski definition) is 1. The van der Waals surface area contributed by atoms with Crippen molar-refractivity contribution >= 4 is 52.3 Å². The van der Waals surface area contributed by atoms with Crippen LogP contribution in [0.15, 0.2) is 78.9 Å². The molecule has 3 atom stereocenters. The van der Waals surface area contributed by atoms with E-state index in [4.69, 9.17) is 34.8 Å². The maximum Gasteiger partial charge on any atom is 0.185 e. The summed E-state index contributed by atoms with van der Waals surface area (Å²) < 4.78 is 0. The molecule has 160 valence electrons. The Balaban J connectivity index is 1.43. The highest BCUT2D eigenvalue weighted by Gasteiger charge is 2.38. The molecule has 3 aromatic rings. The first-order chi connectivity index (χ1) is 15.5. The van der Waals surface area contributed by atoms with Gasteiger partial charge in [0.15, 0.2) is 5.78 Å². The van der Waals surface area contributed by atoms with Crippen molar-refractivity contribution in [2.24, 2.45) is 5.92 Å². The van der Waals surface area contributed by atoms with Gasteiger partial charge in [-0.2, -0.15) is 0 Å². The van der Waals surface area contributed by atoms with E-state index in [0.29, 0.717) is 21.5 Å². The van der Waals surface area contributed by atoms with E-state index in [0.717, 1.165) is 28.3 Å². The van der Waals surface area contributed by atoms with Crippen molar-refractivity contribution in [1.29, 1.82) is 0 Å². The molecule has 1 aliphatic carbocycles. The Hall–Kier alpha value is -2.52. The molecule has 0 aromatic heterocycles. The van der Waals surface area contributed by atoms with Crippen LogP contribution in [0.5, 0.6) is 0 Å². The third-order valence-electron chi connectivity index (χ3n) is 6.27. The van der Waals surface area contributed by atoms with Crippen LogP contribution in [-0.4, -0.2) is 5.78 Å². The van der Waals surface area contributed by atoms with Crippen LogP contribution < -0.4 is 5.32 Å². The molecule has 0 unspecified atom stereocenters. The van der Waals surface area contributed by atoms with Crippen LogP contribution in [0.25, 0.3) is 6.08 Å². The van der Waals surface area contributed by atoms with Gasteiger partial charge in [0.2, 0.25) is 0 Å². The van der Waals surface area contributed by atoms with Gasteiger partial charge in [0.1, 0.15) is 0 Å². The van der Waals surface area contributed by atoms with Gasteiger partial charge in [-0.05, 0) is 77.6 Å². The number of fused-ring (bicyclic) bond motifs is 3. The SMILES string of the molecule is O=C(/C=C\c1cccc(Cl)c1Cl)c1ccc2c(c1)[C@@H]1C=CC[C@@H]1[C@@H](c1ccc(Cl)cc1)N2. The molecule has 0 saturated carbocycles. The number of halogens is 3. The first-order valence-corrected chi connectivity index (χ1v) is 11.6. The normalized spacial score (nSPS) is 21.3. The summed E-state index contributed by atoms with van der Waals surface area (Å²) >= 11 is 18.4. The zero-order chi connectivity index (χ0) is 22.2. The highest BCUT2D eigenvalue weighted by molar-refractivity contribution is 6.43. The van der Waals surface area contributed by atoms with E-state index in [1.165, 1.54) is 5.56 Å². The predicted octanol–water partition coefficient (Wildman–Crippen LogP) is 8.37. The molecule has 0 saturated heterocycles. The molecule has 1 heterocycles. The smallest absolute Gasteiger partial charge is 0.185 e. The average Bonchev–Trinajstić information content (AvgIpc) is 3.30. The molecule has 0 bridgehead atoms. The highest BCUT2D eigenvalue weighted by atomic mass is 35.5. The topological polar surface area (TPSA) is 29.1 Å². The van der Waals surface area contributed by atoms with Crippen LogP contribution >= 0.6 is 34.8 Å². The monoisotopic (exact) mass is 479 g/mol. The fourth-order valence-corrected chi connectivity index (χ4v) is 5.16. The van der Waals surface area contributed by atoms with Gasteiger partial charge in [-0.25, -0.2) is 0 Å². The third-order valence-corrected chi connectivity index (χ3v) is 7.36. The fourth-order valence-electron chi connectivity index (χ4n) is 4.66. The summed E-state index contributed by atoms with van der Waals surface area (Å²) in [5, 5.41) is 5.35. The second-order valence-corrected chi connectivity index (χ2v) is 9.39. The minimum absolute atomic E-state index is 0.0674. The van der Waals surface area contributed by atoms with E-state index in [1.807, 2.05) is 42.5 Å². The van der Waals surface area contributed by atoms with Gasteiger partial charge < -0.3 is 5.32 Å². The molecular formula is C27H20Cl3NO. The molecule has 0 fully saturated rings. The Kier molecular flexibility index (Phi) is 5.86. The molecule has 0 radical (unpaired) electrons. The van der Waals surface area contributed by atoms with E-state index in [-0.39, 0.29) is 17.7 Å². The molecule has 0 spiro atoms. The number of benzene rings is 3. The lowest BCUT2D eigenvalue weighted by Crippen LogP contribution is -2.29. The van der Waals surface area contributed by atoms with Crippen molar-refractivity contribution in [3.63, 3.8) is 0 Å². The zero-order valence-corrected chi connectivity index (χ0v) is 19.3. The zero-order valence-electron chi connectivity index (χ0n) is 17.1. The van der Waals surface area contributed by atoms with Gasteiger partial charge in [-0.3, -0.25) is 4.79 Å². The van der Waals surface area contributed by atoms with Gasteiger partial charge in [0, 0.05) is 22.2 Å². The fraction of sp³-hybridized carbons (Fsp3) is 0.148. The molecule has 2 aliphatic rings. The number of hydrogen-bond acceptors (Lipinski definition) is 2. The van der Waals surface area contributed by atoms with Crippen LogP contribution in [0.4, 0.5) is 5.69 Å². The molecule has 1 N–H and O–H groups in total. The molecule has 32 heavy (non-hydrogen) atoms. The number of carbonyl (C=O) groups excluding carboxylic acids is 1. The standard InChI is InChI=1S/C27H20Cl3NO/c28-19-11-7-17(8-12-19)27-21-5-2-4-20(21)22-15-18(9-13-24(22)31-27)25(32)14-10-16-3-1-6-23(29)26(16)30/h1-4,6-15,20-21,27,31H,5H2/b14-10-/t20-,21+,27-/m1/s1. The Labute approximate surface area is 202 Å². The van der Waals surface area contributed by atoms with Crippen LogP contribution in [-0.2, 0) is 0 Å². The number of allylic oxidation sites excluding steroid dienone is 3. The van der Waals surface area contributed by atoms with Crippen molar-refractivity contribution in [3.05, 3.63) is 116 Å². The molecule has 2 nitrogen and oxygen atoms in total. The summed E-state index contributed by atoms with van der Waals surface area (Å²) in [5.41, 5.74) is 4.83. The van der Waals surface area contributed by atoms with Gasteiger partial charge >= 0.3 is 0 Å². The highest BCUT2D eigenvalue weighted by Crippen LogP contribution is 2.50.